The van der Waals surface area contributed by atoms with Gasteiger partial charge in [-0.2, -0.15) is 0 Å². The summed E-state index contributed by atoms with van der Waals surface area (Å²) in [6.07, 6.45) is -0.571. The number of benzene rings is 2. The van der Waals surface area contributed by atoms with E-state index in [9.17, 15) is 9.90 Å². The first-order valence-electron chi connectivity index (χ1n) is 7.42. The normalized spacial score (nSPS) is 10.4. The number of aryl methyl sites for hydroxylation is 2. The third kappa shape index (κ3) is 4.27. The first-order valence-corrected chi connectivity index (χ1v) is 8.21. The molecule has 2 aromatic carbocycles. The monoisotopic (exact) mass is 393 g/mol. The minimum Gasteiger partial charge on any atom is -0.488 e. The van der Waals surface area contributed by atoms with E-state index in [0.717, 1.165) is 15.6 Å². The van der Waals surface area contributed by atoms with Crippen molar-refractivity contribution in [1.29, 1.82) is 0 Å². The number of rotatable bonds is 5. The van der Waals surface area contributed by atoms with Gasteiger partial charge in [0.05, 0.1) is 23.9 Å². The molecule has 6 heteroatoms. The molecule has 0 saturated carbocycles. The third-order valence-corrected chi connectivity index (χ3v) is 4.41. The Morgan fingerprint density at radius 1 is 1.25 bits per heavy atom. The molecule has 1 amide bonds. The maximum absolute atomic E-state index is 11.5. The zero-order valence-electron chi connectivity index (χ0n) is 13.9. The number of aliphatic hydroxyl groups excluding tert-OH is 1. The molecular formula is C18H20BrNO4. The average molecular weight is 394 g/mol. The predicted octanol–water partition coefficient (Wildman–Crippen LogP) is 4.32. The Morgan fingerprint density at radius 3 is 2.62 bits per heavy atom. The summed E-state index contributed by atoms with van der Waals surface area (Å²) in [7, 11) is 1.30. The highest BCUT2D eigenvalue weighted by Crippen LogP contribution is 2.30. The number of anilines is 1. The molecule has 5 nitrogen and oxygen atoms in total. The highest BCUT2D eigenvalue weighted by atomic mass is 79.9. The van der Waals surface area contributed by atoms with Crippen molar-refractivity contribution in [1.82, 2.24) is 0 Å². The molecule has 2 aromatic rings. The number of halogens is 1. The van der Waals surface area contributed by atoms with Crippen LogP contribution in [0, 0.1) is 13.8 Å². The van der Waals surface area contributed by atoms with E-state index in [1.54, 1.807) is 18.2 Å². The molecule has 0 spiro atoms. The van der Waals surface area contributed by atoms with Crippen LogP contribution in [-0.4, -0.2) is 18.3 Å². The van der Waals surface area contributed by atoms with Crippen molar-refractivity contribution in [2.75, 3.05) is 12.4 Å². The van der Waals surface area contributed by atoms with E-state index in [2.05, 4.69) is 26.0 Å². The van der Waals surface area contributed by atoms with Crippen LogP contribution in [0.5, 0.6) is 5.75 Å². The lowest BCUT2D eigenvalue weighted by Crippen LogP contribution is -2.14. The molecule has 0 fully saturated rings. The topological polar surface area (TPSA) is 67.8 Å². The smallest absolute Gasteiger partial charge is 0.411 e. The molecule has 0 aliphatic rings. The second kappa shape index (κ2) is 8.17. The van der Waals surface area contributed by atoms with Gasteiger partial charge in [0.1, 0.15) is 12.4 Å². The number of carbonyl (C=O) groups excluding carboxylic acids is 1. The number of aliphatic hydroxyl groups is 1. The molecule has 0 unspecified atom stereocenters. The molecule has 0 bridgehead atoms. The molecule has 0 atom stereocenters. The van der Waals surface area contributed by atoms with Crippen LogP contribution in [0.3, 0.4) is 0 Å². The van der Waals surface area contributed by atoms with Gasteiger partial charge in [-0.15, -0.1) is 0 Å². The number of carbonyl (C=O) groups is 1. The third-order valence-electron chi connectivity index (χ3n) is 3.79. The van der Waals surface area contributed by atoms with Crippen LogP contribution in [0.2, 0.25) is 0 Å². The second-order valence-electron chi connectivity index (χ2n) is 5.37. The lowest BCUT2D eigenvalue weighted by atomic mass is 10.1. The van der Waals surface area contributed by atoms with E-state index in [4.69, 9.17) is 4.74 Å². The van der Waals surface area contributed by atoms with Gasteiger partial charge < -0.3 is 14.6 Å². The number of hydrogen-bond donors (Lipinski definition) is 2. The Kier molecular flexibility index (Phi) is 6.23. The summed E-state index contributed by atoms with van der Waals surface area (Å²) in [5.74, 6) is 0.704. The highest BCUT2D eigenvalue weighted by molar-refractivity contribution is 9.10. The standard InChI is InChI=1S/C18H20BrNO4/c1-11-7-15(19)17(8-12(11)2)24-10-14-13(9-21)5-4-6-16(14)20-18(22)23-3/h4-8,21H,9-10H2,1-3H3,(H,20,22). The Morgan fingerprint density at radius 2 is 1.96 bits per heavy atom. The van der Waals surface area contributed by atoms with Crippen molar-refractivity contribution in [2.45, 2.75) is 27.1 Å². The summed E-state index contributed by atoms with van der Waals surface area (Å²) in [6.45, 7) is 4.10. The predicted molar refractivity (Wildman–Crippen MR) is 96.3 cm³/mol. The molecule has 0 aromatic heterocycles. The van der Waals surface area contributed by atoms with Crippen molar-refractivity contribution < 1.29 is 19.4 Å². The molecule has 0 radical (unpaired) electrons. The number of methoxy groups -OCH3 is 1. The first-order chi connectivity index (χ1) is 11.5. The molecule has 24 heavy (non-hydrogen) atoms. The molecule has 0 aliphatic heterocycles. The fourth-order valence-electron chi connectivity index (χ4n) is 2.25. The van der Waals surface area contributed by atoms with Gasteiger partial charge in [0, 0.05) is 5.56 Å². The van der Waals surface area contributed by atoms with Crippen molar-refractivity contribution in [3.05, 3.63) is 57.1 Å². The summed E-state index contributed by atoms with van der Waals surface area (Å²) in [6, 6.07) is 9.23. The Bertz CT molecular complexity index is 746. The van der Waals surface area contributed by atoms with Crippen LogP contribution in [0.25, 0.3) is 0 Å². The lowest BCUT2D eigenvalue weighted by molar-refractivity contribution is 0.187. The van der Waals surface area contributed by atoms with Crippen LogP contribution in [0.4, 0.5) is 10.5 Å². The van der Waals surface area contributed by atoms with Crippen molar-refractivity contribution in [2.24, 2.45) is 0 Å². The Labute approximate surface area is 149 Å². The minimum absolute atomic E-state index is 0.149. The summed E-state index contributed by atoms with van der Waals surface area (Å²) < 4.78 is 11.4. The lowest BCUT2D eigenvalue weighted by Gasteiger charge is -2.16. The van der Waals surface area contributed by atoms with Crippen molar-refractivity contribution >= 4 is 27.7 Å². The first kappa shape index (κ1) is 18.3. The van der Waals surface area contributed by atoms with Gasteiger partial charge in [0.2, 0.25) is 0 Å². The molecular weight excluding hydrogens is 374 g/mol. The Hall–Kier alpha value is -2.05. The molecule has 0 heterocycles. The van der Waals surface area contributed by atoms with Gasteiger partial charge in [-0.1, -0.05) is 12.1 Å². The summed E-state index contributed by atoms with van der Waals surface area (Å²) >= 11 is 3.50. The van der Waals surface area contributed by atoms with Crippen molar-refractivity contribution in [3.63, 3.8) is 0 Å². The summed E-state index contributed by atoms with van der Waals surface area (Å²) in [5, 5.41) is 12.2. The van der Waals surface area contributed by atoms with Crippen molar-refractivity contribution in [3.8, 4) is 5.75 Å². The van der Waals surface area contributed by atoms with Gasteiger partial charge in [0.25, 0.3) is 0 Å². The van der Waals surface area contributed by atoms with Gasteiger partial charge in [-0.3, -0.25) is 5.32 Å². The average Bonchev–Trinajstić information content (AvgIpc) is 2.57. The minimum atomic E-state index is -0.571. The molecule has 128 valence electrons. The second-order valence-corrected chi connectivity index (χ2v) is 6.23. The van der Waals surface area contributed by atoms with Crippen LogP contribution in [0.1, 0.15) is 22.3 Å². The van der Waals surface area contributed by atoms with Gasteiger partial charge in [-0.25, -0.2) is 4.79 Å². The summed E-state index contributed by atoms with van der Waals surface area (Å²) in [5.41, 5.74) is 4.22. The van der Waals surface area contributed by atoms with Gasteiger partial charge in [-0.05, 0) is 64.7 Å². The van der Waals surface area contributed by atoms with E-state index in [0.29, 0.717) is 22.6 Å². The van der Waals surface area contributed by atoms with Gasteiger partial charge in [0.15, 0.2) is 0 Å². The highest BCUT2D eigenvalue weighted by Gasteiger charge is 2.13. The molecule has 0 saturated heterocycles. The maximum atomic E-state index is 11.5. The fourth-order valence-corrected chi connectivity index (χ4v) is 2.82. The zero-order valence-corrected chi connectivity index (χ0v) is 15.4. The Balaban J connectivity index is 2.28. The number of amides is 1. The van der Waals surface area contributed by atoms with E-state index >= 15 is 0 Å². The van der Waals surface area contributed by atoms with Crippen LogP contribution in [-0.2, 0) is 18.0 Å². The van der Waals surface area contributed by atoms with Gasteiger partial charge >= 0.3 is 6.09 Å². The largest absolute Gasteiger partial charge is 0.488 e. The molecule has 0 aliphatic carbocycles. The maximum Gasteiger partial charge on any atom is 0.411 e. The SMILES string of the molecule is COC(=O)Nc1cccc(CO)c1COc1cc(C)c(C)cc1Br. The molecule has 2 rings (SSSR count). The zero-order chi connectivity index (χ0) is 17.7. The summed E-state index contributed by atoms with van der Waals surface area (Å²) in [4.78, 5) is 11.5. The number of hydrogen-bond acceptors (Lipinski definition) is 4. The number of nitrogens with one attached hydrogen (secondary N) is 1. The van der Waals surface area contributed by atoms with Crippen LogP contribution in [0.15, 0.2) is 34.8 Å². The van der Waals surface area contributed by atoms with Crippen LogP contribution >= 0.6 is 15.9 Å². The van der Waals surface area contributed by atoms with E-state index in [1.807, 2.05) is 26.0 Å². The van der Waals surface area contributed by atoms with E-state index in [1.165, 1.54) is 7.11 Å². The van der Waals surface area contributed by atoms with E-state index < -0.39 is 6.09 Å². The molecule has 2 N–H and O–H groups in total. The fraction of sp³-hybridized carbons (Fsp3) is 0.278. The van der Waals surface area contributed by atoms with Crippen LogP contribution < -0.4 is 10.1 Å². The number of ether oxygens (including phenoxy) is 2. The quantitative estimate of drug-likeness (QED) is 0.793. The van der Waals surface area contributed by atoms with E-state index in [-0.39, 0.29) is 13.2 Å².